The Balaban J connectivity index is 1.64. The third-order valence-electron chi connectivity index (χ3n) is 5.71. The number of amides is 1. The van der Waals surface area contributed by atoms with Crippen LogP contribution in [0.2, 0.25) is 0 Å². The minimum absolute atomic E-state index is 0.0388. The fourth-order valence-electron chi connectivity index (χ4n) is 3.94. The highest BCUT2D eigenvalue weighted by atomic mass is 16.6. The van der Waals surface area contributed by atoms with Gasteiger partial charge in [-0.2, -0.15) is 5.10 Å². The molecule has 0 radical (unpaired) electrons. The van der Waals surface area contributed by atoms with Crippen molar-refractivity contribution in [1.82, 2.24) is 14.7 Å². The van der Waals surface area contributed by atoms with Gasteiger partial charge in [0.05, 0.1) is 28.8 Å². The molecule has 1 saturated heterocycles. The Morgan fingerprint density at radius 1 is 1.09 bits per heavy atom. The fraction of sp³-hybridized carbons (Fsp3) is 0.292. The summed E-state index contributed by atoms with van der Waals surface area (Å²) in [5.41, 5.74) is 2.35. The maximum Gasteiger partial charge on any atom is 0.309 e. The van der Waals surface area contributed by atoms with Gasteiger partial charge < -0.3 is 9.64 Å². The zero-order valence-corrected chi connectivity index (χ0v) is 18.2. The Kier molecular flexibility index (Phi) is 6.48. The van der Waals surface area contributed by atoms with E-state index in [1.54, 1.807) is 30.0 Å². The second-order valence-corrected chi connectivity index (χ2v) is 7.78. The van der Waals surface area contributed by atoms with Crippen LogP contribution in [-0.2, 0) is 9.53 Å². The minimum atomic E-state index is -0.470. The highest BCUT2D eigenvalue weighted by Gasteiger charge is 2.30. The van der Waals surface area contributed by atoms with Crippen LogP contribution < -0.4 is 0 Å². The van der Waals surface area contributed by atoms with Crippen molar-refractivity contribution in [1.29, 1.82) is 0 Å². The maximum absolute atomic E-state index is 13.5. The van der Waals surface area contributed by atoms with Crippen LogP contribution in [0, 0.1) is 16.0 Å². The summed E-state index contributed by atoms with van der Waals surface area (Å²) in [5, 5.41) is 15.7. The first-order chi connectivity index (χ1) is 16.0. The van der Waals surface area contributed by atoms with Crippen molar-refractivity contribution in [3.05, 3.63) is 76.5 Å². The molecule has 0 N–H and O–H groups in total. The molecule has 0 atom stereocenters. The average molecular weight is 448 g/mol. The number of hydrogen-bond acceptors (Lipinski definition) is 6. The number of piperidine rings is 1. The van der Waals surface area contributed by atoms with Gasteiger partial charge in [-0.05, 0) is 38.0 Å². The van der Waals surface area contributed by atoms with Crippen LogP contribution in [-0.4, -0.2) is 51.2 Å². The molecule has 33 heavy (non-hydrogen) atoms. The van der Waals surface area contributed by atoms with Crippen LogP contribution in [0.4, 0.5) is 5.69 Å². The lowest BCUT2D eigenvalue weighted by Gasteiger charge is -2.30. The van der Waals surface area contributed by atoms with Crippen LogP contribution >= 0.6 is 0 Å². The minimum Gasteiger partial charge on any atom is -0.466 e. The number of carbonyl (C=O) groups excluding carboxylic acids is 2. The quantitative estimate of drug-likeness (QED) is 0.322. The average Bonchev–Trinajstić information content (AvgIpc) is 3.30. The number of carbonyl (C=O) groups is 2. The van der Waals surface area contributed by atoms with Gasteiger partial charge in [0.15, 0.2) is 0 Å². The molecule has 3 aromatic rings. The molecule has 0 bridgehead atoms. The molecule has 4 rings (SSSR count). The lowest BCUT2D eigenvalue weighted by molar-refractivity contribution is -0.384. The van der Waals surface area contributed by atoms with E-state index in [9.17, 15) is 19.7 Å². The first-order valence-corrected chi connectivity index (χ1v) is 10.8. The molecule has 0 saturated carbocycles. The zero-order chi connectivity index (χ0) is 23.4. The Labute approximate surface area is 190 Å². The van der Waals surface area contributed by atoms with Gasteiger partial charge in [-0.15, -0.1) is 0 Å². The summed E-state index contributed by atoms with van der Waals surface area (Å²) in [7, 11) is 0. The first-order valence-electron chi connectivity index (χ1n) is 10.8. The van der Waals surface area contributed by atoms with Gasteiger partial charge in [0.1, 0.15) is 5.69 Å². The van der Waals surface area contributed by atoms with Gasteiger partial charge in [0, 0.05) is 30.8 Å². The first kappa shape index (κ1) is 22.2. The number of non-ortho nitro benzene ring substituents is 1. The van der Waals surface area contributed by atoms with Crippen molar-refractivity contribution in [3.8, 4) is 16.9 Å². The van der Waals surface area contributed by atoms with E-state index in [0.29, 0.717) is 49.6 Å². The van der Waals surface area contributed by atoms with Gasteiger partial charge in [-0.25, -0.2) is 4.68 Å². The summed E-state index contributed by atoms with van der Waals surface area (Å²) in [6.45, 7) is 3.00. The van der Waals surface area contributed by atoms with Crippen LogP contribution in [0.5, 0.6) is 0 Å². The van der Waals surface area contributed by atoms with Crippen molar-refractivity contribution in [2.45, 2.75) is 19.8 Å². The number of nitro groups is 1. The number of ether oxygens (including phenoxy) is 1. The normalized spacial score (nSPS) is 14.2. The number of hydrogen-bond donors (Lipinski definition) is 0. The Bertz CT molecular complexity index is 1150. The molecule has 0 unspecified atom stereocenters. The number of esters is 1. The van der Waals surface area contributed by atoms with E-state index >= 15 is 0 Å². The predicted octanol–water partition coefficient (Wildman–Crippen LogP) is 3.86. The van der Waals surface area contributed by atoms with Crippen LogP contribution in [0.3, 0.4) is 0 Å². The van der Waals surface area contributed by atoms with Crippen LogP contribution in [0.25, 0.3) is 16.9 Å². The highest BCUT2D eigenvalue weighted by Crippen LogP contribution is 2.26. The van der Waals surface area contributed by atoms with Crippen molar-refractivity contribution in [2.24, 2.45) is 5.92 Å². The van der Waals surface area contributed by atoms with Gasteiger partial charge in [-0.3, -0.25) is 19.7 Å². The summed E-state index contributed by atoms with van der Waals surface area (Å²) in [4.78, 5) is 37.8. The summed E-state index contributed by atoms with van der Waals surface area (Å²) < 4.78 is 6.63. The molecular formula is C24H24N4O5. The third kappa shape index (κ3) is 4.77. The standard InChI is InChI=1S/C24H24N4O5/c1-2-33-24(30)18-12-14-26(15-13-18)23(29)22-16-21(17-6-4-3-5-7-17)25-27(22)19-8-10-20(11-9-19)28(31)32/h3-11,16,18H,2,12-15H2,1H3. The molecule has 1 aliphatic heterocycles. The highest BCUT2D eigenvalue weighted by molar-refractivity contribution is 5.94. The van der Waals surface area contributed by atoms with Crippen molar-refractivity contribution in [2.75, 3.05) is 19.7 Å². The Hall–Kier alpha value is -4.01. The molecule has 9 nitrogen and oxygen atoms in total. The SMILES string of the molecule is CCOC(=O)C1CCN(C(=O)c2cc(-c3ccccc3)nn2-c2ccc([N+](=O)[O-])cc2)CC1. The van der Waals surface area contributed by atoms with Crippen molar-refractivity contribution in [3.63, 3.8) is 0 Å². The van der Waals surface area contributed by atoms with E-state index in [1.165, 1.54) is 16.8 Å². The maximum atomic E-state index is 13.5. The number of benzene rings is 2. The topological polar surface area (TPSA) is 108 Å². The smallest absolute Gasteiger partial charge is 0.309 e. The summed E-state index contributed by atoms with van der Waals surface area (Å²) >= 11 is 0. The Morgan fingerprint density at radius 3 is 2.36 bits per heavy atom. The number of aromatic nitrogens is 2. The number of nitrogens with zero attached hydrogens (tertiary/aromatic N) is 4. The van der Waals surface area contributed by atoms with E-state index in [4.69, 9.17) is 4.74 Å². The Morgan fingerprint density at radius 2 is 1.76 bits per heavy atom. The zero-order valence-electron chi connectivity index (χ0n) is 18.2. The molecule has 0 spiro atoms. The van der Waals surface area contributed by atoms with E-state index in [0.717, 1.165) is 5.56 Å². The lowest BCUT2D eigenvalue weighted by atomic mass is 9.97. The van der Waals surface area contributed by atoms with Crippen LogP contribution in [0.15, 0.2) is 60.7 Å². The molecule has 0 aliphatic carbocycles. The summed E-state index contributed by atoms with van der Waals surface area (Å²) in [6.07, 6.45) is 1.09. The molecule has 2 heterocycles. The molecular weight excluding hydrogens is 424 g/mol. The number of likely N-dealkylation sites (tertiary alicyclic amines) is 1. The molecule has 170 valence electrons. The molecule has 1 fully saturated rings. The van der Waals surface area contributed by atoms with Crippen LogP contribution in [0.1, 0.15) is 30.3 Å². The van der Waals surface area contributed by atoms with Gasteiger partial charge >= 0.3 is 5.97 Å². The molecule has 2 aromatic carbocycles. The largest absolute Gasteiger partial charge is 0.466 e. The van der Waals surface area contributed by atoms with Gasteiger partial charge in [-0.1, -0.05) is 30.3 Å². The second-order valence-electron chi connectivity index (χ2n) is 7.78. The molecule has 9 heteroatoms. The number of nitro benzene ring substituents is 1. The van der Waals surface area contributed by atoms with Crippen molar-refractivity contribution < 1.29 is 19.2 Å². The molecule has 1 aliphatic rings. The number of rotatable bonds is 6. The molecule has 1 aromatic heterocycles. The third-order valence-corrected chi connectivity index (χ3v) is 5.71. The van der Waals surface area contributed by atoms with Gasteiger partial charge in [0.2, 0.25) is 0 Å². The predicted molar refractivity (Wildman–Crippen MR) is 121 cm³/mol. The molecule has 1 amide bonds. The van der Waals surface area contributed by atoms with Crippen molar-refractivity contribution >= 4 is 17.6 Å². The monoisotopic (exact) mass is 448 g/mol. The summed E-state index contributed by atoms with van der Waals surface area (Å²) in [5.74, 6) is -0.620. The fourth-order valence-corrected chi connectivity index (χ4v) is 3.94. The summed E-state index contributed by atoms with van der Waals surface area (Å²) in [6, 6.07) is 17.1. The van der Waals surface area contributed by atoms with Gasteiger partial charge in [0.25, 0.3) is 11.6 Å². The van der Waals surface area contributed by atoms with E-state index in [1.807, 2.05) is 30.3 Å². The van der Waals surface area contributed by atoms with E-state index in [2.05, 4.69) is 5.10 Å². The lowest BCUT2D eigenvalue weighted by Crippen LogP contribution is -2.41. The van der Waals surface area contributed by atoms with E-state index < -0.39 is 4.92 Å². The van der Waals surface area contributed by atoms with E-state index in [-0.39, 0.29) is 23.5 Å². The second kappa shape index (κ2) is 9.64.